The molecule has 0 atom stereocenters. The smallest absolute Gasteiger partial charge is 0.123 e. The lowest BCUT2D eigenvalue weighted by molar-refractivity contribution is -0.919. The first-order valence-electron chi connectivity index (χ1n) is 11.3. The number of nitrogens with one attached hydrogen (secondary N) is 1. The van der Waals surface area contributed by atoms with E-state index in [9.17, 15) is 5.11 Å². The van der Waals surface area contributed by atoms with Crippen molar-refractivity contribution in [2.24, 2.45) is 5.92 Å². The maximum absolute atomic E-state index is 11.0. The Balaban J connectivity index is 1.70. The fourth-order valence-corrected chi connectivity index (χ4v) is 4.64. The normalized spacial score (nSPS) is 20.6. The fraction of sp³-hybridized carbons (Fsp3) is 0.556. The third-order valence-corrected chi connectivity index (χ3v) is 6.42. The quantitative estimate of drug-likeness (QED) is 0.747. The highest BCUT2D eigenvalue weighted by Crippen LogP contribution is 2.39. The Labute approximate surface area is 178 Å². The van der Waals surface area contributed by atoms with E-state index >= 15 is 0 Å². The Bertz CT molecular complexity index is 768. The van der Waals surface area contributed by atoms with E-state index in [4.69, 9.17) is 0 Å². The van der Waals surface area contributed by atoms with Gasteiger partial charge in [0, 0.05) is 16.7 Å². The summed E-state index contributed by atoms with van der Waals surface area (Å²) in [6.45, 7) is 16.7. The molecule has 0 amide bonds. The van der Waals surface area contributed by atoms with Crippen molar-refractivity contribution < 1.29 is 10.0 Å². The van der Waals surface area contributed by atoms with Gasteiger partial charge in [-0.25, -0.2) is 0 Å². The van der Waals surface area contributed by atoms with Gasteiger partial charge in [0.05, 0.1) is 13.1 Å². The first-order chi connectivity index (χ1) is 13.5. The van der Waals surface area contributed by atoms with Gasteiger partial charge < -0.3 is 10.0 Å². The Morgan fingerprint density at radius 3 is 1.83 bits per heavy atom. The van der Waals surface area contributed by atoms with Crippen LogP contribution in [-0.2, 0) is 23.8 Å². The third kappa shape index (κ3) is 5.63. The summed E-state index contributed by atoms with van der Waals surface area (Å²) < 4.78 is 0. The minimum Gasteiger partial charge on any atom is -0.507 e. The van der Waals surface area contributed by atoms with Gasteiger partial charge >= 0.3 is 0 Å². The van der Waals surface area contributed by atoms with Crippen LogP contribution in [0.4, 0.5) is 0 Å². The Morgan fingerprint density at radius 2 is 1.34 bits per heavy atom. The van der Waals surface area contributed by atoms with Crippen LogP contribution in [0.3, 0.4) is 0 Å². The SMILES string of the molecule is CC(C)(C)c1cc(C[NH+]2CCC(Cc3ccccc3)CC2)cc(C(C)(C)C)c1O. The molecule has 0 aromatic heterocycles. The molecule has 2 nitrogen and oxygen atoms in total. The first kappa shape index (κ1) is 21.9. The Kier molecular flexibility index (Phi) is 6.43. The van der Waals surface area contributed by atoms with Crippen LogP contribution in [0.1, 0.15) is 76.6 Å². The van der Waals surface area contributed by atoms with Crippen LogP contribution >= 0.6 is 0 Å². The number of quaternary nitrogens is 1. The van der Waals surface area contributed by atoms with Gasteiger partial charge in [-0.2, -0.15) is 0 Å². The van der Waals surface area contributed by atoms with Crippen LogP contribution in [0.25, 0.3) is 0 Å². The molecule has 3 rings (SSSR count). The number of phenolic OH excluding ortho intramolecular Hbond substituents is 1. The second-order valence-corrected chi connectivity index (χ2v) is 11.1. The largest absolute Gasteiger partial charge is 0.507 e. The lowest BCUT2D eigenvalue weighted by atomic mass is 9.78. The van der Waals surface area contributed by atoms with E-state index < -0.39 is 0 Å². The van der Waals surface area contributed by atoms with Crippen molar-refractivity contribution in [3.63, 3.8) is 0 Å². The molecule has 0 saturated carbocycles. The molecule has 2 N–H and O–H groups in total. The van der Waals surface area contributed by atoms with Crippen LogP contribution in [0, 0.1) is 5.92 Å². The number of likely N-dealkylation sites (tertiary alicyclic amines) is 1. The maximum atomic E-state index is 11.0. The number of rotatable bonds is 4. The van der Waals surface area contributed by atoms with Crippen molar-refractivity contribution in [1.29, 1.82) is 0 Å². The van der Waals surface area contributed by atoms with Gasteiger partial charge in [-0.1, -0.05) is 71.9 Å². The topological polar surface area (TPSA) is 24.7 Å². The van der Waals surface area contributed by atoms with Crippen molar-refractivity contribution in [3.8, 4) is 5.75 Å². The maximum Gasteiger partial charge on any atom is 0.123 e. The molecule has 29 heavy (non-hydrogen) atoms. The molecular formula is C27H40NO+. The number of hydrogen-bond donors (Lipinski definition) is 2. The molecule has 0 radical (unpaired) electrons. The molecule has 0 aliphatic carbocycles. The molecule has 1 saturated heterocycles. The molecule has 2 aromatic rings. The molecule has 1 aliphatic heterocycles. The number of piperidine rings is 1. The zero-order valence-corrected chi connectivity index (χ0v) is 19.3. The molecule has 2 heteroatoms. The zero-order valence-electron chi connectivity index (χ0n) is 19.3. The van der Waals surface area contributed by atoms with Crippen molar-refractivity contribution in [3.05, 3.63) is 64.7 Å². The summed E-state index contributed by atoms with van der Waals surface area (Å²) in [5, 5.41) is 11.0. The van der Waals surface area contributed by atoms with Crippen LogP contribution in [-0.4, -0.2) is 18.2 Å². The van der Waals surface area contributed by atoms with E-state index in [2.05, 4.69) is 84.0 Å². The Hall–Kier alpha value is -1.80. The summed E-state index contributed by atoms with van der Waals surface area (Å²) in [7, 11) is 0. The Morgan fingerprint density at radius 1 is 0.828 bits per heavy atom. The fourth-order valence-electron chi connectivity index (χ4n) is 4.64. The van der Waals surface area contributed by atoms with E-state index in [0.717, 1.165) is 23.6 Å². The standard InChI is InChI=1S/C27H39NO/c1-26(2,3)23-17-22(18-24(25(23)29)27(4,5)6)19-28-14-12-21(13-15-28)16-20-10-8-7-9-11-20/h7-11,17-18,21,29H,12-16,19H2,1-6H3/p+1. The van der Waals surface area contributed by atoms with Crippen LogP contribution in [0.5, 0.6) is 5.75 Å². The second kappa shape index (κ2) is 8.52. The highest BCUT2D eigenvalue weighted by atomic mass is 16.3. The van der Waals surface area contributed by atoms with Crippen molar-refractivity contribution in [1.82, 2.24) is 0 Å². The van der Waals surface area contributed by atoms with Gasteiger partial charge in [0.15, 0.2) is 0 Å². The van der Waals surface area contributed by atoms with Gasteiger partial charge in [-0.3, -0.25) is 0 Å². The average molecular weight is 395 g/mol. The summed E-state index contributed by atoms with van der Waals surface area (Å²) in [5.41, 5.74) is 4.89. The van der Waals surface area contributed by atoms with E-state index in [1.54, 1.807) is 4.90 Å². The lowest BCUT2D eigenvalue weighted by Crippen LogP contribution is -3.11. The van der Waals surface area contributed by atoms with Gasteiger partial charge in [0.2, 0.25) is 0 Å². The summed E-state index contributed by atoms with van der Waals surface area (Å²) in [6.07, 6.45) is 3.83. The third-order valence-electron chi connectivity index (χ3n) is 6.42. The highest BCUT2D eigenvalue weighted by molar-refractivity contribution is 5.49. The number of hydrogen-bond acceptors (Lipinski definition) is 1. The number of benzene rings is 2. The summed E-state index contributed by atoms with van der Waals surface area (Å²) in [4.78, 5) is 1.68. The predicted molar refractivity (Wildman–Crippen MR) is 123 cm³/mol. The molecule has 158 valence electrons. The summed E-state index contributed by atoms with van der Waals surface area (Å²) in [6, 6.07) is 15.4. The lowest BCUT2D eigenvalue weighted by Gasteiger charge is -2.31. The second-order valence-electron chi connectivity index (χ2n) is 11.1. The molecule has 1 fully saturated rings. The van der Waals surface area contributed by atoms with Gasteiger partial charge in [-0.05, 0) is 53.7 Å². The molecule has 1 heterocycles. The van der Waals surface area contributed by atoms with E-state index in [-0.39, 0.29) is 10.8 Å². The van der Waals surface area contributed by atoms with Crippen molar-refractivity contribution in [2.45, 2.75) is 78.2 Å². The minimum atomic E-state index is -0.0574. The van der Waals surface area contributed by atoms with Crippen LogP contribution in [0.15, 0.2) is 42.5 Å². The summed E-state index contributed by atoms with van der Waals surface area (Å²) >= 11 is 0. The number of aromatic hydroxyl groups is 1. The van der Waals surface area contributed by atoms with E-state index in [0.29, 0.717) is 5.75 Å². The van der Waals surface area contributed by atoms with Crippen molar-refractivity contribution >= 4 is 0 Å². The molecule has 1 aliphatic rings. The van der Waals surface area contributed by atoms with Crippen molar-refractivity contribution in [2.75, 3.05) is 13.1 Å². The number of phenols is 1. The zero-order chi connectivity index (χ0) is 21.2. The van der Waals surface area contributed by atoms with Gasteiger partial charge in [0.1, 0.15) is 12.3 Å². The van der Waals surface area contributed by atoms with Gasteiger partial charge in [-0.15, -0.1) is 0 Å². The molecule has 2 aromatic carbocycles. The predicted octanol–water partition coefficient (Wildman–Crippen LogP) is 5.02. The van der Waals surface area contributed by atoms with E-state index in [1.807, 2.05) is 0 Å². The van der Waals surface area contributed by atoms with Crippen LogP contribution < -0.4 is 4.90 Å². The van der Waals surface area contributed by atoms with E-state index in [1.165, 1.54) is 43.5 Å². The minimum absolute atomic E-state index is 0.0574. The molecule has 0 unspecified atom stereocenters. The average Bonchev–Trinajstić information content (AvgIpc) is 2.63. The first-order valence-corrected chi connectivity index (χ1v) is 11.3. The monoisotopic (exact) mass is 394 g/mol. The summed E-state index contributed by atoms with van der Waals surface area (Å²) in [5.74, 6) is 1.31. The highest BCUT2D eigenvalue weighted by Gasteiger charge is 2.28. The molecule has 0 spiro atoms. The van der Waals surface area contributed by atoms with Gasteiger partial charge in [0.25, 0.3) is 0 Å². The molecule has 0 bridgehead atoms. The van der Waals surface area contributed by atoms with Crippen LogP contribution in [0.2, 0.25) is 0 Å². The molecular weight excluding hydrogens is 354 g/mol.